The topological polar surface area (TPSA) is 61.4 Å². The second-order valence-corrected chi connectivity index (χ2v) is 6.36. The van der Waals surface area contributed by atoms with E-state index in [0.29, 0.717) is 6.54 Å². The van der Waals surface area contributed by atoms with Gasteiger partial charge in [-0.05, 0) is 31.9 Å². The van der Waals surface area contributed by atoms with Crippen molar-refractivity contribution in [3.63, 3.8) is 0 Å². The van der Waals surface area contributed by atoms with Crippen molar-refractivity contribution in [1.29, 1.82) is 0 Å². The lowest BCUT2D eigenvalue weighted by molar-refractivity contribution is 0.536. The van der Waals surface area contributed by atoms with Crippen LogP contribution < -0.4 is 0 Å². The normalized spacial score (nSPS) is 11.9. The number of nitrogens with zero attached hydrogens (tertiary/aromatic N) is 6. The summed E-state index contributed by atoms with van der Waals surface area (Å²) in [5.41, 5.74) is 0. The van der Waals surface area contributed by atoms with Gasteiger partial charge < -0.3 is 4.57 Å². The molecule has 8 heteroatoms. The van der Waals surface area contributed by atoms with E-state index in [9.17, 15) is 0 Å². The molecule has 0 spiro atoms. The molecule has 0 amide bonds. The van der Waals surface area contributed by atoms with E-state index in [0.717, 1.165) is 0 Å². The summed E-state index contributed by atoms with van der Waals surface area (Å²) in [6, 6.07) is 0. The summed E-state index contributed by atoms with van der Waals surface area (Å²) < 4.78 is 3.18. The molecule has 0 fully saturated rings. The van der Waals surface area contributed by atoms with E-state index in [1.165, 1.54) is 0 Å². The van der Waals surface area contributed by atoms with Crippen LogP contribution in [0.3, 0.4) is 0 Å². The van der Waals surface area contributed by atoms with Crippen LogP contribution in [0.1, 0.15) is 0 Å². The number of rotatable bonds is 3. The lowest BCUT2D eigenvalue weighted by Crippen LogP contribution is -2.23. The third kappa shape index (κ3) is 2.01. The molecule has 0 atom stereocenters. The molecule has 6 nitrogen and oxygen atoms in total. The lowest BCUT2D eigenvalue weighted by Gasteiger charge is -2.21. The van der Waals surface area contributed by atoms with Crippen LogP contribution in [0, 0.1) is 0 Å². The van der Waals surface area contributed by atoms with Gasteiger partial charge in [0, 0.05) is 0 Å². The highest BCUT2D eigenvalue weighted by molar-refractivity contribution is 9.24. The Hall–Kier alpha value is -0.760. The number of hydrogen-bond acceptors (Lipinski definition) is 4. The van der Waals surface area contributed by atoms with Crippen molar-refractivity contribution >= 4 is 31.9 Å². The molecule has 0 aliphatic rings. The summed E-state index contributed by atoms with van der Waals surface area (Å²) in [7, 11) is 0. The monoisotopic (exact) mass is 320 g/mol. The molecule has 0 saturated heterocycles. The Morgan fingerprint density at radius 2 is 1.43 bits per heavy atom. The molecule has 0 aromatic carbocycles. The van der Waals surface area contributed by atoms with Crippen LogP contribution in [0.2, 0.25) is 0 Å². The summed E-state index contributed by atoms with van der Waals surface area (Å²) in [6.07, 6.45) is 6.52. The molecule has 0 saturated carbocycles. The Labute approximate surface area is 96.6 Å². The summed E-state index contributed by atoms with van der Waals surface area (Å²) in [6.45, 7) is 0.623. The maximum absolute atomic E-state index is 3.73. The molecule has 2 rings (SSSR count). The van der Waals surface area contributed by atoms with Crippen molar-refractivity contribution in [2.45, 2.75) is 9.90 Å². The summed E-state index contributed by atoms with van der Waals surface area (Å²) >= 11 is 7.03. The van der Waals surface area contributed by atoms with E-state index in [1.54, 1.807) is 29.9 Å². The third-order valence-corrected chi connectivity index (χ3v) is 2.96. The first kappa shape index (κ1) is 9.78. The smallest absolute Gasteiger partial charge is 0.175 e. The number of hydrogen-bond donors (Lipinski definition) is 0. The Kier molecular flexibility index (Phi) is 2.64. The average Bonchev–Trinajstić information content (AvgIpc) is 2.71. The van der Waals surface area contributed by atoms with Crippen molar-refractivity contribution in [2.75, 3.05) is 0 Å². The molecule has 2 heterocycles. The van der Waals surface area contributed by atoms with E-state index < -0.39 is 3.36 Å². The second-order valence-electron chi connectivity index (χ2n) is 2.67. The van der Waals surface area contributed by atoms with Gasteiger partial charge in [-0.3, -0.25) is 4.57 Å². The molecular formula is C6H6Br2N6. The van der Waals surface area contributed by atoms with Crippen molar-refractivity contribution < 1.29 is 0 Å². The molecule has 2 aromatic heterocycles. The summed E-state index contributed by atoms with van der Waals surface area (Å²) in [4.78, 5) is 0. The lowest BCUT2D eigenvalue weighted by atomic mass is 10.6. The van der Waals surface area contributed by atoms with Gasteiger partial charge in [-0.2, -0.15) is 0 Å². The van der Waals surface area contributed by atoms with E-state index in [4.69, 9.17) is 0 Å². The van der Waals surface area contributed by atoms with Gasteiger partial charge in [0.05, 0.1) is 6.54 Å². The highest BCUT2D eigenvalue weighted by Crippen LogP contribution is 2.33. The van der Waals surface area contributed by atoms with Gasteiger partial charge in [0.1, 0.15) is 25.3 Å². The van der Waals surface area contributed by atoms with Crippen molar-refractivity contribution in [1.82, 2.24) is 29.5 Å². The highest BCUT2D eigenvalue weighted by Gasteiger charge is 2.25. The molecule has 74 valence electrons. The summed E-state index contributed by atoms with van der Waals surface area (Å²) in [5.74, 6) is 0. The SMILES string of the molecule is BrC(Br)(Cn1cnnc1)n1cnnc1. The standard InChI is InChI=1S/C6H6Br2N6/c7-6(8,14-4-11-12-5-14)1-13-2-9-10-3-13/h2-5H,1H2. The minimum Gasteiger partial charge on any atom is -0.316 e. The zero-order valence-corrected chi connectivity index (χ0v) is 10.1. The second kappa shape index (κ2) is 3.77. The van der Waals surface area contributed by atoms with E-state index in [-0.39, 0.29) is 0 Å². The summed E-state index contributed by atoms with van der Waals surface area (Å²) in [5, 5.41) is 14.9. The molecule has 0 N–H and O–H groups in total. The van der Waals surface area contributed by atoms with Gasteiger partial charge in [-0.1, -0.05) is 0 Å². The third-order valence-electron chi connectivity index (χ3n) is 1.64. The van der Waals surface area contributed by atoms with Gasteiger partial charge in [-0.25, -0.2) is 0 Å². The fourth-order valence-corrected chi connectivity index (χ4v) is 1.92. The quantitative estimate of drug-likeness (QED) is 0.790. The van der Waals surface area contributed by atoms with Crippen molar-refractivity contribution in [3.05, 3.63) is 25.3 Å². The van der Waals surface area contributed by atoms with Gasteiger partial charge in [0.2, 0.25) is 0 Å². The van der Waals surface area contributed by atoms with Crippen LogP contribution in [0.5, 0.6) is 0 Å². The first-order valence-corrected chi connectivity index (χ1v) is 5.32. The van der Waals surface area contributed by atoms with Crippen molar-refractivity contribution in [2.24, 2.45) is 0 Å². The Morgan fingerprint density at radius 3 is 2.00 bits per heavy atom. The predicted molar refractivity (Wildman–Crippen MR) is 55.9 cm³/mol. The fourth-order valence-electron chi connectivity index (χ4n) is 0.975. The molecule has 0 aliphatic carbocycles. The van der Waals surface area contributed by atoms with Crippen LogP contribution in [0.4, 0.5) is 0 Å². The van der Waals surface area contributed by atoms with E-state index in [2.05, 4.69) is 52.3 Å². The first-order chi connectivity index (χ1) is 6.68. The Bertz CT molecular complexity index is 380. The number of halogens is 2. The molecule has 0 radical (unpaired) electrons. The van der Waals surface area contributed by atoms with E-state index in [1.807, 2.05) is 4.57 Å². The van der Waals surface area contributed by atoms with Gasteiger partial charge in [0.15, 0.2) is 3.36 Å². The van der Waals surface area contributed by atoms with Gasteiger partial charge in [0.25, 0.3) is 0 Å². The molecule has 2 aromatic rings. The first-order valence-electron chi connectivity index (χ1n) is 3.74. The minimum atomic E-state index is -0.452. The highest BCUT2D eigenvalue weighted by atomic mass is 79.9. The maximum Gasteiger partial charge on any atom is 0.175 e. The molecule has 0 bridgehead atoms. The number of alkyl halides is 2. The molecule has 0 unspecified atom stereocenters. The number of aromatic nitrogens is 6. The minimum absolute atomic E-state index is 0.452. The van der Waals surface area contributed by atoms with Gasteiger partial charge in [-0.15, -0.1) is 20.4 Å². The largest absolute Gasteiger partial charge is 0.316 e. The van der Waals surface area contributed by atoms with Crippen LogP contribution in [-0.2, 0) is 9.90 Å². The van der Waals surface area contributed by atoms with Gasteiger partial charge >= 0.3 is 0 Å². The van der Waals surface area contributed by atoms with E-state index >= 15 is 0 Å². The van der Waals surface area contributed by atoms with Crippen LogP contribution in [0.15, 0.2) is 25.3 Å². The Balaban J connectivity index is 2.17. The zero-order chi connectivity index (χ0) is 10.0. The molecular weight excluding hydrogens is 316 g/mol. The molecule has 14 heavy (non-hydrogen) atoms. The fraction of sp³-hybridized carbons (Fsp3) is 0.333. The van der Waals surface area contributed by atoms with Crippen LogP contribution in [-0.4, -0.2) is 29.5 Å². The maximum atomic E-state index is 3.73. The zero-order valence-electron chi connectivity index (χ0n) is 6.96. The predicted octanol–water partition coefficient (Wildman–Crippen LogP) is 0.970. The van der Waals surface area contributed by atoms with Crippen LogP contribution >= 0.6 is 31.9 Å². The average molecular weight is 322 g/mol. The van der Waals surface area contributed by atoms with Crippen LogP contribution in [0.25, 0.3) is 0 Å². The van der Waals surface area contributed by atoms with Crippen molar-refractivity contribution in [3.8, 4) is 0 Å². The Morgan fingerprint density at radius 1 is 0.929 bits per heavy atom. The molecule has 0 aliphatic heterocycles.